The fourth-order valence-corrected chi connectivity index (χ4v) is 1.79. The number of ether oxygens (including phenoxy) is 1. The highest BCUT2D eigenvalue weighted by Crippen LogP contribution is 2.23. The van der Waals surface area contributed by atoms with Crippen molar-refractivity contribution >= 4 is 15.9 Å². The molecule has 0 spiro atoms. The Bertz CT molecular complexity index is 445. The van der Waals surface area contributed by atoms with Gasteiger partial charge in [0.1, 0.15) is 5.75 Å². The Kier molecular flexibility index (Phi) is 3.94. The normalized spacial score (nSPS) is 10.1. The molecule has 0 N–H and O–H groups in total. The molecule has 0 aliphatic heterocycles. The largest absolute Gasteiger partial charge is 0.492 e. The highest BCUT2D eigenvalue weighted by Gasteiger charge is 1.99. The summed E-state index contributed by atoms with van der Waals surface area (Å²) in [6.45, 7) is 0.673. The summed E-state index contributed by atoms with van der Waals surface area (Å²) in [5.74, 6) is 0.886. The molecule has 2 rings (SSSR count). The van der Waals surface area contributed by atoms with Crippen LogP contribution in [0.25, 0.3) is 0 Å². The van der Waals surface area contributed by atoms with Gasteiger partial charge in [0.2, 0.25) is 0 Å². The zero-order valence-electron chi connectivity index (χ0n) is 8.77. The number of aromatic nitrogens is 1. The van der Waals surface area contributed by atoms with Crippen LogP contribution in [0.5, 0.6) is 5.75 Å². The molecule has 2 nitrogen and oxygen atoms in total. The van der Waals surface area contributed by atoms with E-state index in [-0.39, 0.29) is 0 Å². The van der Waals surface area contributed by atoms with Crippen molar-refractivity contribution in [1.82, 2.24) is 4.98 Å². The van der Waals surface area contributed by atoms with E-state index in [1.54, 1.807) is 12.4 Å². The van der Waals surface area contributed by atoms with Crippen molar-refractivity contribution in [1.29, 1.82) is 0 Å². The van der Waals surface area contributed by atoms with Gasteiger partial charge in [0, 0.05) is 18.8 Å². The van der Waals surface area contributed by atoms with E-state index in [4.69, 9.17) is 4.74 Å². The molecule has 2 aromatic rings. The van der Waals surface area contributed by atoms with Gasteiger partial charge in [0.05, 0.1) is 11.1 Å². The Balaban J connectivity index is 1.87. The topological polar surface area (TPSA) is 22.1 Å². The van der Waals surface area contributed by atoms with E-state index in [0.29, 0.717) is 6.61 Å². The van der Waals surface area contributed by atoms with Gasteiger partial charge in [-0.25, -0.2) is 0 Å². The molecule has 82 valence electrons. The third-order valence-corrected chi connectivity index (χ3v) is 2.89. The van der Waals surface area contributed by atoms with E-state index >= 15 is 0 Å². The fraction of sp³-hybridized carbons (Fsp3) is 0.154. The Morgan fingerprint density at radius 3 is 2.56 bits per heavy atom. The van der Waals surface area contributed by atoms with Crippen LogP contribution < -0.4 is 4.74 Å². The van der Waals surface area contributed by atoms with Gasteiger partial charge >= 0.3 is 0 Å². The molecule has 1 heterocycles. The first-order chi connectivity index (χ1) is 7.86. The summed E-state index contributed by atoms with van der Waals surface area (Å²) >= 11 is 3.45. The number of hydrogen-bond donors (Lipinski definition) is 0. The quantitative estimate of drug-likeness (QED) is 0.854. The van der Waals surface area contributed by atoms with Crippen LogP contribution in [-0.2, 0) is 6.42 Å². The van der Waals surface area contributed by atoms with Crippen LogP contribution in [-0.4, -0.2) is 11.6 Å². The first-order valence-corrected chi connectivity index (χ1v) is 5.92. The van der Waals surface area contributed by atoms with Crippen LogP contribution in [0.3, 0.4) is 0 Å². The van der Waals surface area contributed by atoms with E-state index in [1.807, 2.05) is 36.4 Å². The molecule has 0 radical (unpaired) electrons. The van der Waals surface area contributed by atoms with Crippen molar-refractivity contribution in [3.63, 3.8) is 0 Å². The van der Waals surface area contributed by atoms with Crippen LogP contribution in [0.1, 0.15) is 5.56 Å². The molecule has 1 aromatic heterocycles. The molecular formula is C13H12BrNO. The molecule has 1 aromatic carbocycles. The Morgan fingerprint density at radius 1 is 1.06 bits per heavy atom. The van der Waals surface area contributed by atoms with Gasteiger partial charge in [-0.2, -0.15) is 0 Å². The van der Waals surface area contributed by atoms with Crippen LogP contribution >= 0.6 is 15.9 Å². The highest BCUT2D eigenvalue weighted by molar-refractivity contribution is 9.10. The Morgan fingerprint density at radius 2 is 1.81 bits per heavy atom. The average Bonchev–Trinajstić information content (AvgIpc) is 2.33. The van der Waals surface area contributed by atoms with E-state index < -0.39 is 0 Å². The third kappa shape index (κ3) is 3.07. The van der Waals surface area contributed by atoms with Gasteiger partial charge in [-0.05, 0) is 45.8 Å². The lowest BCUT2D eigenvalue weighted by Gasteiger charge is -2.07. The first kappa shape index (κ1) is 11.1. The average molecular weight is 278 g/mol. The number of halogens is 1. The lowest BCUT2D eigenvalue weighted by atomic mass is 10.2. The summed E-state index contributed by atoms with van der Waals surface area (Å²) in [5, 5.41) is 0. The van der Waals surface area contributed by atoms with Gasteiger partial charge in [-0.3, -0.25) is 4.98 Å². The van der Waals surface area contributed by atoms with Crippen molar-refractivity contribution in [2.75, 3.05) is 6.61 Å². The lowest BCUT2D eigenvalue weighted by molar-refractivity contribution is 0.320. The maximum absolute atomic E-state index is 5.67. The predicted octanol–water partition coefficient (Wildman–Crippen LogP) is 3.47. The second kappa shape index (κ2) is 5.66. The van der Waals surface area contributed by atoms with E-state index in [2.05, 4.69) is 20.9 Å². The minimum atomic E-state index is 0.673. The third-order valence-electron chi connectivity index (χ3n) is 2.23. The van der Waals surface area contributed by atoms with Crippen LogP contribution in [0.15, 0.2) is 53.3 Å². The molecule has 0 atom stereocenters. The number of nitrogens with zero attached hydrogens (tertiary/aromatic N) is 1. The van der Waals surface area contributed by atoms with E-state index in [1.165, 1.54) is 5.56 Å². The summed E-state index contributed by atoms with van der Waals surface area (Å²) in [5.41, 5.74) is 1.24. The zero-order valence-corrected chi connectivity index (χ0v) is 10.4. The van der Waals surface area contributed by atoms with Crippen molar-refractivity contribution < 1.29 is 4.74 Å². The summed E-state index contributed by atoms with van der Waals surface area (Å²) in [6, 6.07) is 11.9. The van der Waals surface area contributed by atoms with Crippen molar-refractivity contribution in [2.24, 2.45) is 0 Å². The summed E-state index contributed by atoms with van der Waals surface area (Å²) < 4.78 is 6.66. The fourth-order valence-electron chi connectivity index (χ4n) is 1.39. The predicted molar refractivity (Wildman–Crippen MR) is 67.6 cm³/mol. The van der Waals surface area contributed by atoms with Gasteiger partial charge in [-0.1, -0.05) is 12.1 Å². The number of benzene rings is 1. The first-order valence-electron chi connectivity index (χ1n) is 5.12. The second-order valence-electron chi connectivity index (χ2n) is 3.38. The maximum atomic E-state index is 5.67. The number of hydrogen-bond acceptors (Lipinski definition) is 2. The molecule has 0 fully saturated rings. The van der Waals surface area contributed by atoms with Crippen LogP contribution in [0, 0.1) is 0 Å². The summed E-state index contributed by atoms with van der Waals surface area (Å²) in [4.78, 5) is 3.98. The van der Waals surface area contributed by atoms with E-state index in [0.717, 1.165) is 16.6 Å². The molecule has 0 aliphatic rings. The van der Waals surface area contributed by atoms with Gasteiger partial charge < -0.3 is 4.74 Å². The summed E-state index contributed by atoms with van der Waals surface area (Å²) in [6.07, 6.45) is 4.49. The van der Waals surface area contributed by atoms with Gasteiger partial charge in [0.15, 0.2) is 0 Å². The molecule has 0 saturated heterocycles. The van der Waals surface area contributed by atoms with Crippen molar-refractivity contribution in [3.05, 3.63) is 58.8 Å². The summed E-state index contributed by atoms with van der Waals surface area (Å²) in [7, 11) is 0. The SMILES string of the molecule is Brc1ccccc1OCCc1ccncc1. The maximum Gasteiger partial charge on any atom is 0.133 e. The molecule has 0 bridgehead atoms. The molecule has 16 heavy (non-hydrogen) atoms. The minimum Gasteiger partial charge on any atom is -0.492 e. The number of pyridine rings is 1. The van der Waals surface area contributed by atoms with Crippen LogP contribution in [0.2, 0.25) is 0 Å². The smallest absolute Gasteiger partial charge is 0.133 e. The standard InChI is InChI=1S/C13H12BrNO/c14-12-3-1-2-4-13(12)16-10-7-11-5-8-15-9-6-11/h1-6,8-9H,7,10H2. The molecule has 0 saturated carbocycles. The zero-order chi connectivity index (χ0) is 11.2. The Labute approximate surface area is 103 Å². The molecule has 0 amide bonds. The van der Waals surface area contributed by atoms with Gasteiger partial charge in [-0.15, -0.1) is 0 Å². The number of rotatable bonds is 4. The van der Waals surface area contributed by atoms with E-state index in [9.17, 15) is 0 Å². The molecule has 3 heteroatoms. The number of para-hydroxylation sites is 1. The second-order valence-corrected chi connectivity index (χ2v) is 4.24. The molecule has 0 aliphatic carbocycles. The minimum absolute atomic E-state index is 0.673. The molecular weight excluding hydrogens is 266 g/mol. The van der Waals surface area contributed by atoms with Gasteiger partial charge in [0.25, 0.3) is 0 Å². The Hall–Kier alpha value is -1.35. The molecule has 0 unspecified atom stereocenters. The van der Waals surface area contributed by atoms with Crippen LogP contribution in [0.4, 0.5) is 0 Å². The highest BCUT2D eigenvalue weighted by atomic mass is 79.9. The monoisotopic (exact) mass is 277 g/mol. The lowest BCUT2D eigenvalue weighted by Crippen LogP contribution is -2.01. The van der Waals surface area contributed by atoms with Crippen molar-refractivity contribution in [3.8, 4) is 5.75 Å². The van der Waals surface area contributed by atoms with Crippen molar-refractivity contribution in [2.45, 2.75) is 6.42 Å².